The second kappa shape index (κ2) is 5.04. The lowest BCUT2D eigenvalue weighted by atomic mass is 10.1. The Hall–Kier alpha value is -1.45. The number of benzene rings is 2. The van der Waals surface area contributed by atoms with Crippen molar-refractivity contribution in [3.8, 4) is 0 Å². The summed E-state index contributed by atoms with van der Waals surface area (Å²) in [6, 6.07) is 15.1. The Morgan fingerprint density at radius 3 is 2.72 bits per heavy atom. The molecule has 2 aromatic rings. The molecule has 0 aliphatic carbocycles. The van der Waals surface area contributed by atoms with Crippen LogP contribution < -0.4 is 11.1 Å². The van der Waals surface area contributed by atoms with Crippen molar-refractivity contribution in [2.24, 2.45) is 5.73 Å². The number of para-hydroxylation sites is 1. The van der Waals surface area contributed by atoms with Crippen LogP contribution in [0.3, 0.4) is 0 Å². The molecule has 18 heavy (non-hydrogen) atoms. The summed E-state index contributed by atoms with van der Waals surface area (Å²) in [5.74, 6) is 0. The SMILES string of the molecule is NCCCc1ccc2c(c1)Sc1ccccc1N2. The van der Waals surface area contributed by atoms with Gasteiger partial charge in [-0.3, -0.25) is 0 Å². The number of nitrogens with one attached hydrogen (secondary N) is 1. The van der Waals surface area contributed by atoms with Crippen LogP contribution >= 0.6 is 11.8 Å². The van der Waals surface area contributed by atoms with Gasteiger partial charge in [-0.25, -0.2) is 0 Å². The minimum absolute atomic E-state index is 0.755. The molecule has 0 spiro atoms. The molecule has 1 heterocycles. The van der Waals surface area contributed by atoms with Crippen molar-refractivity contribution in [1.82, 2.24) is 0 Å². The number of fused-ring (bicyclic) bond motifs is 2. The summed E-state index contributed by atoms with van der Waals surface area (Å²) in [6.07, 6.45) is 2.11. The standard InChI is InChI=1S/C15H16N2S/c16-9-3-4-11-7-8-13-15(10-11)18-14-6-2-1-5-12(14)17-13/h1-2,5-8,10,17H,3-4,9,16H2. The van der Waals surface area contributed by atoms with Crippen LogP contribution in [0, 0.1) is 0 Å². The molecule has 2 aromatic carbocycles. The first-order valence-corrected chi connectivity index (χ1v) is 7.05. The molecule has 0 unspecified atom stereocenters. The van der Waals surface area contributed by atoms with Crippen molar-refractivity contribution in [3.05, 3.63) is 48.0 Å². The van der Waals surface area contributed by atoms with E-state index in [1.807, 2.05) is 11.8 Å². The van der Waals surface area contributed by atoms with Crippen LogP contribution in [-0.2, 0) is 6.42 Å². The number of hydrogen-bond acceptors (Lipinski definition) is 3. The Labute approximate surface area is 112 Å². The van der Waals surface area contributed by atoms with Crippen LogP contribution in [0.5, 0.6) is 0 Å². The first kappa shape index (κ1) is 11.6. The maximum Gasteiger partial charge on any atom is 0.0526 e. The predicted molar refractivity (Wildman–Crippen MR) is 77.7 cm³/mol. The topological polar surface area (TPSA) is 38.0 Å². The monoisotopic (exact) mass is 256 g/mol. The molecule has 1 aliphatic rings. The minimum Gasteiger partial charge on any atom is -0.354 e. The summed E-state index contributed by atoms with van der Waals surface area (Å²) < 4.78 is 0. The smallest absolute Gasteiger partial charge is 0.0526 e. The second-order valence-electron chi connectivity index (χ2n) is 4.45. The van der Waals surface area contributed by atoms with Crippen molar-refractivity contribution in [1.29, 1.82) is 0 Å². The first-order valence-electron chi connectivity index (χ1n) is 6.24. The highest BCUT2D eigenvalue weighted by Crippen LogP contribution is 2.44. The lowest BCUT2D eigenvalue weighted by Crippen LogP contribution is -2.02. The summed E-state index contributed by atoms with van der Waals surface area (Å²) in [5, 5.41) is 3.48. The summed E-state index contributed by atoms with van der Waals surface area (Å²) in [5.41, 5.74) is 9.33. The van der Waals surface area contributed by atoms with Gasteiger partial charge < -0.3 is 11.1 Å². The average molecular weight is 256 g/mol. The van der Waals surface area contributed by atoms with E-state index in [1.54, 1.807) is 0 Å². The van der Waals surface area contributed by atoms with Gasteiger partial charge in [0.15, 0.2) is 0 Å². The summed E-state index contributed by atoms with van der Waals surface area (Å²) >= 11 is 1.84. The molecule has 0 aromatic heterocycles. The number of aryl methyl sites for hydroxylation is 1. The zero-order chi connectivity index (χ0) is 12.4. The van der Waals surface area contributed by atoms with E-state index in [4.69, 9.17) is 5.73 Å². The molecule has 0 fully saturated rings. The Bertz CT molecular complexity index is 566. The van der Waals surface area contributed by atoms with Gasteiger partial charge in [0.2, 0.25) is 0 Å². The minimum atomic E-state index is 0.755. The van der Waals surface area contributed by atoms with Gasteiger partial charge >= 0.3 is 0 Å². The number of hydrogen-bond donors (Lipinski definition) is 2. The molecule has 0 bridgehead atoms. The molecular weight excluding hydrogens is 240 g/mol. The Balaban J connectivity index is 1.89. The van der Waals surface area contributed by atoms with E-state index in [-0.39, 0.29) is 0 Å². The normalized spacial score (nSPS) is 12.5. The molecule has 0 saturated heterocycles. The van der Waals surface area contributed by atoms with E-state index in [0.717, 1.165) is 19.4 Å². The molecule has 0 radical (unpaired) electrons. The van der Waals surface area contributed by atoms with E-state index in [0.29, 0.717) is 0 Å². The third-order valence-corrected chi connectivity index (χ3v) is 4.23. The van der Waals surface area contributed by atoms with Gasteiger partial charge in [0.25, 0.3) is 0 Å². The molecule has 3 heteroatoms. The zero-order valence-corrected chi connectivity index (χ0v) is 11.0. The van der Waals surface area contributed by atoms with E-state index in [2.05, 4.69) is 47.8 Å². The quantitative estimate of drug-likeness (QED) is 0.749. The summed E-state index contributed by atoms with van der Waals surface area (Å²) in [7, 11) is 0. The summed E-state index contributed by atoms with van der Waals surface area (Å²) in [4.78, 5) is 2.60. The van der Waals surface area contributed by atoms with Gasteiger partial charge in [-0.1, -0.05) is 30.0 Å². The van der Waals surface area contributed by atoms with Gasteiger partial charge in [0.05, 0.1) is 11.4 Å². The van der Waals surface area contributed by atoms with Gasteiger partial charge in [-0.15, -0.1) is 0 Å². The Kier molecular flexibility index (Phi) is 3.26. The van der Waals surface area contributed by atoms with Crippen LogP contribution in [0.4, 0.5) is 11.4 Å². The highest BCUT2D eigenvalue weighted by molar-refractivity contribution is 7.99. The molecule has 3 rings (SSSR count). The molecule has 0 amide bonds. The fourth-order valence-electron chi connectivity index (χ4n) is 2.14. The van der Waals surface area contributed by atoms with Crippen LogP contribution in [-0.4, -0.2) is 6.54 Å². The van der Waals surface area contributed by atoms with E-state index in [1.165, 1.54) is 26.7 Å². The molecule has 3 N–H and O–H groups in total. The highest BCUT2D eigenvalue weighted by Gasteiger charge is 2.14. The van der Waals surface area contributed by atoms with Crippen LogP contribution in [0.15, 0.2) is 52.3 Å². The van der Waals surface area contributed by atoms with Crippen molar-refractivity contribution in [3.63, 3.8) is 0 Å². The maximum absolute atomic E-state index is 5.56. The van der Waals surface area contributed by atoms with Crippen molar-refractivity contribution in [2.75, 3.05) is 11.9 Å². The van der Waals surface area contributed by atoms with Gasteiger partial charge in [-0.05, 0) is 49.2 Å². The predicted octanol–water partition coefficient (Wildman–Crippen LogP) is 3.79. The van der Waals surface area contributed by atoms with E-state index >= 15 is 0 Å². The first-order chi connectivity index (χ1) is 8.86. The zero-order valence-electron chi connectivity index (χ0n) is 10.1. The van der Waals surface area contributed by atoms with Gasteiger partial charge in [-0.2, -0.15) is 0 Å². The summed E-state index contributed by atoms with van der Waals surface area (Å²) in [6.45, 7) is 0.755. The van der Waals surface area contributed by atoms with Crippen LogP contribution in [0.25, 0.3) is 0 Å². The number of anilines is 2. The lowest BCUT2D eigenvalue weighted by Gasteiger charge is -2.21. The van der Waals surface area contributed by atoms with E-state index < -0.39 is 0 Å². The maximum atomic E-state index is 5.56. The third-order valence-electron chi connectivity index (χ3n) is 3.09. The number of rotatable bonds is 3. The van der Waals surface area contributed by atoms with Gasteiger partial charge in [0.1, 0.15) is 0 Å². The lowest BCUT2D eigenvalue weighted by molar-refractivity contribution is 0.831. The van der Waals surface area contributed by atoms with Crippen LogP contribution in [0.2, 0.25) is 0 Å². The average Bonchev–Trinajstić information content (AvgIpc) is 2.42. The molecule has 0 atom stereocenters. The van der Waals surface area contributed by atoms with E-state index in [9.17, 15) is 0 Å². The van der Waals surface area contributed by atoms with Crippen molar-refractivity contribution < 1.29 is 0 Å². The molecule has 1 aliphatic heterocycles. The second-order valence-corrected chi connectivity index (χ2v) is 5.53. The fourth-order valence-corrected chi connectivity index (χ4v) is 3.19. The number of nitrogens with two attached hydrogens (primary N) is 1. The van der Waals surface area contributed by atoms with Crippen LogP contribution in [0.1, 0.15) is 12.0 Å². The molecule has 0 saturated carbocycles. The highest BCUT2D eigenvalue weighted by atomic mass is 32.2. The fraction of sp³-hybridized carbons (Fsp3) is 0.200. The van der Waals surface area contributed by atoms with Crippen molar-refractivity contribution >= 4 is 23.1 Å². The van der Waals surface area contributed by atoms with Gasteiger partial charge in [0, 0.05) is 9.79 Å². The largest absolute Gasteiger partial charge is 0.354 e. The Morgan fingerprint density at radius 2 is 1.83 bits per heavy atom. The Morgan fingerprint density at radius 1 is 1.00 bits per heavy atom. The van der Waals surface area contributed by atoms with Crippen molar-refractivity contribution in [2.45, 2.75) is 22.6 Å². The third kappa shape index (κ3) is 2.24. The molecule has 2 nitrogen and oxygen atoms in total. The molecule has 92 valence electrons. The molecular formula is C15H16N2S.